The third-order valence-electron chi connectivity index (χ3n) is 4.08. The summed E-state index contributed by atoms with van der Waals surface area (Å²) in [7, 11) is 1.83. The van der Waals surface area contributed by atoms with Gasteiger partial charge in [0.15, 0.2) is 16.7 Å². The van der Waals surface area contributed by atoms with Crippen LogP contribution < -0.4 is 5.73 Å². The maximum absolute atomic E-state index is 12.4. The van der Waals surface area contributed by atoms with Crippen LogP contribution in [0.1, 0.15) is 12.8 Å². The molecule has 2 N–H and O–H groups in total. The van der Waals surface area contributed by atoms with Gasteiger partial charge in [0.25, 0.3) is 0 Å². The van der Waals surface area contributed by atoms with Crippen molar-refractivity contribution in [1.82, 2.24) is 19.7 Å². The van der Waals surface area contributed by atoms with E-state index in [1.165, 1.54) is 11.8 Å². The Morgan fingerprint density at radius 1 is 1.46 bits per heavy atom. The average Bonchev–Trinajstić information content (AvgIpc) is 3.22. The van der Waals surface area contributed by atoms with Gasteiger partial charge >= 0.3 is 0 Å². The number of amides is 2. The van der Waals surface area contributed by atoms with Gasteiger partial charge in [-0.2, -0.15) is 0 Å². The molecule has 1 fully saturated rings. The molecule has 8 nitrogen and oxygen atoms in total. The first-order chi connectivity index (χ1) is 11.6. The first-order valence-corrected chi connectivity index (χ1v) is 8.68. The second-order valence-corrected chi connectivity index (χ2v) is 6.65. The van der Waals surface area contributed by atoms with Gasteiger partial charge in [0.2, 0.25) is 11.8 Å². The number of furan rings is 1. The molecule has 0 aromatic carbocycles. The number of aromatic nitrogens is 3. The van der Waals surface area contributed by atoms with E-state index in [4.69, 9.17) is 10.2 Å². The topological polar surface area (TPSA) is 107 Å². The molecule has 2 aromatic heterocycles. The zero-order chi connectivity index (χ0) is 17.1. The zero-order valence-electron chi connectivity index (χ0n) is 13.3. The molecule has 1 unspecified atom stereocenters. The third-order valence-corrected chi connectivity index (χ3v) is 5.08. The molecule has 1 aliphatic heterocycles. The molecule has 24 heavy (non-hydrogen) atoms. The Balaban J connectivity index is 1.60. The molecule has 0 saturated carbocycles. The highest BCUT2D eigenvalue weighted by molar-refractivity contribution is 7.99. The Morgan fingerprint density at radius 3 is 3.00 bits per heavy atom. The van der Waals surface area contributed by atoms with Gasteiger partial charge in [-0.05, 0) is 25.0 Å². The number of hydrogen-bond donors (Lipinski definition) is 1. The van der Waals surface area contributed by atoms with Crippen molar-refractivity contribution in [2.24, 2.45) is 18.7 Å². The average molecular weight is 349 g/mol. The Labute approximate surface area is 143 Å². The highest BCUT2D eigenvalue weighted by Gasteiger charge is 2.27. The Kier molecular flexibility index (Phi) is 4.89. The minimum Gasteiger partial charge on any atom is -0.461 e. The fourth-order valence-electron chi connectivity index (χ4n) is 2.71. The van der Waals surface area contributed by atoms with Gasteiger partial charge in [0.05, 0.1) is 17.9 Å². The lowest BCUT2D eigenvalue weighted by Crippen LogP contribution is -2.44. The van der Waals surface area contributed by atoms with Crippen molar-refractivity contribution in [2.75, 3.05) is 18.8 Å². The number of carbonyl (C=O) groups is 2. The van der Waals surface area contributed by atoms with E-state index < -0.39 is 0 Å². The molecule has 9 heteroatoms. The maximum atomic E-state index is 12.4. The summed E-state index contributed by atoms with van der Waals surface area (Å²) in [6, 6.07) is 3.59. The van der Waals surface area contributed by atoms with Crippen LogP contribution in [-0.4, -0.2) is 50.3 Å². The summed E-state index contributed by atoms with van der Waals surface area (Å²) in [5.41, 5.74) is 5.35. The van der Waals surface area contributed by atoms with Crippen LogP contribution in [0.4, 0.5) is 0 Å². The van der Waals surface area contributed by atoms with Crippen molar-refractivity contribution in [1.29, 1.82) is 0 Å². The highest BCUT2D eigenvalue weighted by Crippen LogP contribution is 2.24. The van der Waals surface area contributed by atoms with E-state index in [1.807, 2.05) is 7.05 Å². The van der Waals surface area contributed by atoms with Crippen LogP contribution in [0.15, 0.2) is 28.0 Å². The van der Waals surface area contributed by atoms with Gasteiger partial charge in [0.1, 0.15) is 0 Å². The van der Waals surface area contributed by atoms with Crippen molar-refractivity contribution < 1.29 is 14.0 Å². The molecule has 3 rings (SSSR count). The number of primary amides is 1. The molecule has 0 radical (unpaired) electrons. The van der Waals surface area contributed by atoms with E-state index in [-0.39, 0.29) is 23.5 Å². The van der Waals surface area contributed by atoms with Gasteiger partial charge in [-0.1, -0.05) is 11.8 Å². The van der Waals surface area contributed by atoms with Crippen LogP contribution >= 0.6 is 11.8 Å². The smallest absolute Gasteiger partial charge is 0.233 e. The predicted octanol–water partition coefficient (Wildman–Crippen LogP) is 0.891. The van der Waals surface area contributed by atoms with Crippen LogP contribution in [0.25, 0.3) is 11.6 Å². The third kappa shape index (κ3) is 3.45. The van der Waals surface area contributed by atoms with Crippen molar-refractivity contribution in [3.8, 4) is 11.6 Å². The first kappa shape index (κ1) is 16.6. The van der Waals surface area contributed by atoms with Crippen LogP contribution in [0.3, 0.4) is 0 Å². The van der Waals surface area contributed by atoms with Gasteiger partial charge < -0.3 is 19.6 Å². The molecule has 0 spiro atoms. The number of thioether (sulfide) groups is 1. The summed E-state index contributed by atoms with van der Waals surface area (Å²) in [6.45, 7) is 1.07. The van der Waals surface area contributed by atoms with E-state index in [1.54, 1.807) is 27.9 Å². The molecule has 0 aliphatic carbocycles. The lowest BCUT2D eigenvalue weighted by molar-refractivity contribution is -0.132. The summed E-state index contributed by atoms with van der Waals surface area (Å²) in [5.74, 6) is 0.888. The zero-order valence-corrected chi connectivity index (χ0v) is 14.2. The largest absolute Gasteiger partial charge is 0.461 e. The lowest BCUT2D eigenvalue weighted by Gasteiger charge is -2.31. The van der Waals surface area contributed by atoms with Gasteiger partial charge in [-0.15, -0.1) is 10.2 Å². The van der Waals surface area contributed by atoms with E-state index in [2.05, 4.69) is 10.2 Å². The Bertz CT molecular complexity index is 728. The van der Waals surface area contributed by atoms with Crippen molar-refractivity contribution in [3.63, 3.8) is 0 Å². The molecule has 2 aromatic rings. The summed E-state index contributed by atoms with van der Waals surface area (Å²) in [6.07, 6.45) is 3.13. The number of rotatable bonds is 5. The quantitative estimate of drug-likeness (QED) is 0.803. The summed E-state index contributed by atoms with van der Waals surface area (Å²) in [5, 5.41) is 8.84. The molecular weight excluding hydrogens is 330 g/mol. The standard InChI is InChI=1S/C15H19N5O3S/c1-19-14(11-5-3-7-23-11)17-18-15(19)24-9-12(21)20-6-2-4-10(8-20)13(16)22/h3,5,7,10H,2,4,6,8-9H2,1H3,(H2,16,22). The molecule has 3 heterocycles. The molecule has 1 aliphatic rings. The SMILES string of the molecule is Cn1c(SCC(=O)N2CCCC(C(N)=O)C2)nnc1-c1ccco1. The number of carbonyl (C=O) groups excluding carboxylic acids is 2. The van der Waals surface area contributed by atoms with Crippen molar-refractivity contribution in [2.45, 2.75) is 18.0 Å². The Morgan fingerprint density at radius 2 is 2.29 bits per heavy atom. The fourth-order valence-corrected chi connectivity index (χ4v) is 3.53. The minimum atomic E-state index is -0.337. The molecule has 2 amide bonds. The Hall–Kier alpha value is -2.29. The number of nitrogens with two attached hydrogens (primary N) is 1. The van der Waals surface area contributed by atoms with E-state index >= 15 is 0 Å². The summed E-state index contributed by atoms with van der Waals surface area (Å²) < 4.78 is 7.11. The first-order valence-electron chi connectivity index (χ1n) is 7.69. The molecule has 0 bridgehead atoms. The minimum absolute atomic E-state index is 0.0199. The number of piperidine rings is 1. The number of likely N-dealkylation sites (tertiary alicyclic amines) is 1. The van der Waals surface area contributed by atoms with Gasteiger partial charge in [-0.3, -0.25) is 9.59 Å². The van der Waals surface area contributed by atoms with Gasteiger partial charge in [0, 0.05) is 20.1 Å². The van der Waals surface area contributed by atoms with Crippen molar-refractivity contribution in [3.05, 3.63) is 18.4 Å². The van der Waals surface area contributed by atoms with E-state index in [9.17, 15) is 9.59 Å². The fraction of sp³-hybridized carbons (Fsp3) is 0.467. The monoisotopic (exact) mass is 349 g/mol. The molecule has 128 valence electrons. The molecule has 1 saturated heterocycles. The number of hydrogen-bond acceptors (Lipinski definition) is 6. The summed E-state index contributed by atoms with van der Waals surface area (Å²) >= 11 is 1.32. The normalized spacial score (nSPS) is 17.9. The van der Waals surface area contributed by atoms with Crippen LogP contribution in [0, 0.1) is 5.92 Å². The second-order valence-electron chi connectivity index (χ2n) is 5.71. The predicted molar refractivity (Wildman–Crippen MR) is 87.9 cm³/mol. The maximum Gasteiger partial charge on any atom is 0.233 e. The lowest BCUT2D eigenvalue weighted by atomic mass is 9.97. The van der Waals surface area contributed by atoms with Crippen LogP contribution in [0.2, 0.25) is 0 Å². The number of nitrogens with zero attached hydrogens (tertiary/aromatic N) is 4. The van der Waals surface area contributed by atoms with Crippen LogP contribution in [0.5, 0.6) is 0 Å². The second kappa shape index (κ2) is 7.08. The van der Waals surface area contributed by atoms with Gasteiger partial charge in [-0.25, -0.2) is 0 Å². The van der Waals surface area contributed by atoms with E-state index in [0.29, 0.717) is 29.8 Å². The van der Waals surface area contributed by atoms with Crippen LogP contribution in [-0.2, 0) is 16.6 Å². The molecular formula is C15H19N5O3S. The highest BCUT2D eigenvalue weighted by atomic mass is 32.2. The van der Waals surface area contributed by atoms with E-state index in [0.717, 1.165) is 12.8 Å². The summed E-state index contributed by atoms with van der Waals surface area (Å²) in [4.78, 5) is 25.4. The van der Waals surface area contributed by atoms with Crippen molar-refractivity contribution >= 4 is 23.6 Å². The molecule has 1 atom stereocenters.